The second kappa shape index (κ2) is 5.59. The van der Waals surface area contributed by atoms with Gasteiger partial charge < -0.3 is 15.5 Å². The smallest absolute Gasteiger partial charge is 0.151 e. The topological polar surface area (TPSA) is 45.4 Å². The number of nitrogens with two attached hydrogens (primary N) is 1. The van der Waals surface area contributed by atoms with E-state index >= 15 is 0 Å². The van der Waals surface area contributed by atoms with Crippen LogP contribution in [0.3, 0.4) is 0 Å². The maximum atomic E-state index is 6.00. The van der Waals surface area contributed by atoms with Gasteiger partial charge in [0.15, 0.2) is 5.82 Å². The first-order valence-electron chi connectivity index (χ1n) is 6.70. The molecule has 1 aliphatic heterocycles. The summed E-state index contributed by atoms with van der Waals surface area (Å²) in [6.07, 6.45) is 1.65. The molecule has 104 valence electrons. The summed E-state index contributed by atoms with van der Waals surface area (Å²) in [6, 6.07) is 12.2. The minimum absolute atomic E-state index is 0.578. The number of piperazine rings is 1. The Hall–Kier alpha value is -1.94. The zero-order valence-electron chi connectivity index (χ0n) is 11.2. The molecular weight excluding hydrogens is 272 g/mol. The van der Waals surface area contributed by atoms with E-state index < -0.39 is 0 Å². The molecule has 4 nitrogen and oxygen atoms in total. The van der Waals surface area contributed by atoms with Crippen molar-refractivity contribution < 1.29 is 0 Å². The summed E-state index contributed by atoms with van der Waals surface area (Å²) in [5, 5.41) is 0.578. The predicted molar refractivity (Wildman–Crippen MR) is 84.5 cm³/mol. The highest BCUT2D eigenvalue weighted by Crippen LogP contribution is 2.25. The van der Waals surface area contributed by atoms with Crippen molar-refractivity contribution in [1.82, 2.24) is 4.98 Å². The molecule has 2 aromatic rings. The van der Waals surface area contributed by atoms with Crippen molar-refractivity contribution >= 4 is 28.8 Å². The van der Waals surface area contributed by atoms with Crippen LogP contribution in [0.4, 0.5) is 17.2 Å². The molecule has 1 saturated heterocycles. The largest absolute Gasteiger partial charge is 0.396 e. The zero-order chi connectivity index (χ0) is 13.9. The number of anilines is 3. The second-order valence-electron chi connectivity index (χ2n) is 4.88. The molecule has 0 atom stereocenters. The minimum Gasteiger partial charge on any atom is -0.396 e. The van der Waals surface area contributed by atoms with Crippen LogP contribution in [-0.2, 0) is 0 Å². The number of halogens is 1. The van der Waals surface area contributed by atoms with E-state index in [0.717, 1.165) is 32.0 Å². The molecule has 1 aromatic carbocycles. The molecular formula is C15H17ClN4. The Morgan fingerprint density at radius 1 is 1.00 bits per heavy atom. The summed E-state index contributed by atoms with van der Waals surface area (Å²) in [6.45, 7) is 3.75. The Balaban J connectivity index is 1.69. The molecule has 5 heteroatoms. The molecule has 1 aliphatic rings. The van der Waals surface area contributed by atoms with E-state index in [0.29, 0.717) is 10.7 Å². The van der Waals surface area contributed by atoms with E-state index in [1.54, 1.807) is 12.3 Å². The third-order valence-electron chi connectivity index (χ3n) is 3.56. The number of para-hydroxylation sites is 1. The molecule has 0 unspecified atom stereocenters. The van der Waals surface area contributed by atoms with Crippen LogP contribution in [0.25, 0.3) is 0 Å². The number of rotatable bonds is 2. The lowest BCUT2D eigenvalue weighted by molar-refractivity contribution is 0.648. The van der Waals surface area contributed by atoms with Gasteiger partial charge in [-0.1, -0.05) is 29.8 Å². The average Bonchev–Trinajstić information content (AvgIpc) is 2.48. The van der Waals surface area contributed by atoms with Gasteiger partial charge >= 0.3 is 0 Å². The van der Waals surface area contributed by atoms with Crippen LogP contribution >= 0.6 is 11.6 Å². The highest BCUT2D eigenvalue weighted by atomic mass is 35.5. The first-order chi connectivity index (χ1) is 9.74. The van der Waals surface area contributed by atoms with E-state index in [2.05, 4.69) is 39.0 Å². The van der Waals surface area contributed by atoms with Crippen LogP contribution in [-0.4, -0.2) is 31.2 Å². The van der Waals surface area contributed by atoms with Gasteiger partial charge in [-0.05, 0) is 18.2 Å². The lowest BCUT2D eigenvalue weighted by Crippen LogP contribution is -2.47. The maximum Gasteiger partial charge on any atom is 0.151 e. The fraction of sp³-hybridized carbons (Fsp3) is 0.267. The lowest BCUT2D eigenvalue weighted by Gasteiger charge is -2.37. The van der Waals surface area contributed by atoms with Crippen LogP contribution in [0.2, 0.25) is 5.02 Å². The third-order valence-corrected chi connectivity index (χ3v) is 3.77. The summed E-state index contributed by atoms with van der Waals surface area (Å²) in [7, 11) is 0. The fourth-order valence-corrected chi connectivity index (χ4v) is 2.69. The van der Waals surface area contributed by atoms with Crippen molar-refractivity contribution in [3.8, 4) is 0 Å². The van der Waals surface area contributed by atoms with Gasteiger partial charge in [-0.25, -0.2) is 4.98 Å². The van der Waals surface area contributed by atoms with Gasteiger partial charge in [0, 0.05) is 38.1 Å². The monoisotopic (exact) mass is 288 g/mol. The quantitative estimate of drug-likeness (QED) is 0.923. The Bertz CT molecular complexity index is 580. The van der Waals surface area contributed by atoms with Gasteiger partial charge in [0.05, 0.1) is 10.7 Å². The van der Waals surface area contributed by atoms with Crippen LogP contribution in [0, 0.1) is 0 Å². The Labute approximate surface area is 123 Å². The van der Waals surface area contributed by atoms with E-state index in [1.165, 1.54) is 5.69 Å². The molecule has 0 radical (unpaired) electrons. The molecule has 1 aromatic heterocycles. The Morgan fingerprint density at radius 2 is 1.65 bits per heavy atom. The van der Waals surface area contributed by atoms with Crippen LogP contribution in [0.1, 0.15) is 0 Å². The molecule has 2 N–H and O–H groups in total. The highest BCUT2D eigenvalue weighted by Gasteiger charge is 2.19. The van der Waals surface area contributed by atoms with Gasteiger partial charge in [0.2, 0.25) is 0 Å². The first kappa shape index (κ1) is 13.1. The van der Waals surface area contributed by atoms with Gasteiger partial charge in [-0.15, -0.1) is 0 Å². The SMILES string of the molecule is Nc1cc(Cl)cnc1N1CCN(c2ccccc2)CC1. The van der Waals surface area contributed by atoms with Crippen LogP contribution < -0.4 is 15.5 Å². The molecule has 20 heavy (non-hydrogen) atoms. The van der Waals surface area contributed by atoms with Crippen molar-refractivity contribution in [2.75, 3.05) is 41.7 Å². The summed E-state index contributed by atoms with van der Waals surface area (Å²) < 4.78 is 0. The summed E-state index contributed by atoms with van der Waals surface area (Å²) in [5.41, 5.74) is 7.91. The van der Waals surface area contributed by atoms with Gasteiger partial charge in [-0.3, -0.25) is 0 Å². The van der Waals surface area contributed by atoms with E-state index in [4.69, 9.17) is 17.3 Å². The second-order valence-corrected chi connectivity index (χ2v) is 5.31. The van der Waals surface area contributed by atoms with Crippen LogP contribution in [0.5, 0.6) is 0 Å². The number of nitrogen functional groups attached to an aromatic ring is 1. The molecule has 0 spiro atoms. The van der Waals surface area contributed by atoms with Crippen molar-refractivity contribution in [3.63, 3.8) is 0 Å². The van der Waals surface area contributed by atoms with Gasteiger partial charge in [-0.2, -0.15) is 0 Å². The van der Waals surface area contributed by atoms with Crippen LogP contribution in [0.15, 0.2) is 42.6 Å². The number of pyridine rings is 1. The van der Waals surface area contributed by atoms with Gasteiger partial charge in [0.25, 0.3) is 0 Å². The predicted octanol–water partition coefficient (Wildman–Crippen LogP) is 2.64. The summed E-state index contributed by atoms with van der Waals surface area (Å²) >= 11 is 5.89. The first-order valence-corrected chi connectivity index (χ1v) is 7.08. The number of aromatic nitrogens is 1. The van der Waals surface area contributed by atoms with E-state index in [-0.39, 0.29) is 0 Å². The van der Waals surface area contributed by atoms with E-state index in [1.807, 2.05) is 6.07 Å². The summed E-state index contributed by atoms with van der Waals surface area (Å²) in [4.78, 5) is 8.94. The van der Waals surface area contributed by atoms with E-state index in [9.17, 15) is 0 Å². The maximum absolute atomic E-state index is 6.00. The van der Waals surface area contributed by atoms with Crippen molar-refractivity contribution in [3.05, 3.63) is 47.6 Å². The molecule has 0 saturated carbocycles. The molecule has 0 bridgehead atoms. The Kier molecular flexibility index (Phi) is 3.65. The third kappa shape index (κ3) is 2.65. The molecule has 1 fully saturated rings. The Morgan fingerprint density at radius 3 is 2.30 bits per heavy atom. The fourth-order valence-electron chi connectivity index (χ4n) is 2.53. The molecule has 2 heterocycles. The molecule has 0 aliphatic carbocycles. The van der Waals surface area contributed by atoms with Crippen molar-refractivity contribution in [2.24, 2.45) is 0 Å². The van der Waals surface area contributed by atoms with Gasteiger partial charge in [0.1, 0.15) is 0 Å². The van der Waals surface area contributed by atoms with Crippen molar-refractivity contribution in [1.29, 1.82) is 0 Å². The number of hydrogen-bond acceptors (Lipinski definition) is 4. The normalized spacial score (nSPS) is 15.4. The molecule has 0 amide bonds. The number of nitrogens with zero attached hydrogens (tertiary/aromatic N) is 3. The highest BCUT2D eigenvalue weighted by molar-refractivity contribution is 6.30. The molecule has 3 rings (SSSR count). The number of benzene rings is 1. The lowest BCUT2D eigenvalue weighted by atomic mass is 10.2. The summed E-state index contributed by atoms with van der Waals surface area (Å²) in [5.74, 6) is 0.835. The van der Waals surface area contributed by atoms with Crippen molar-refractivity contribution in [2.45, 2.75) is 0 Å². The number of hydrogen-bond donors (Lipinski definition) is 1. The minimum atomic E-state index is 0.578. The zero-order valence-corrected chi connectivity index (χ0v) is 11.9. The average molecular weight is 289 g/mol. The standard InChI is InChI=1S/C15H17ClN4/c16-12-10-14(17)15(18-11-12)20-8-6-19(7-9-20)13-4-2-1-3-5-13/h1-5,10-11H,6-9,17H2.